The minimum absolute atomic E-state index is 0.111. The second kappa shape index (κ2) is 13.2. The van der Waals surface area contributed by atoms with Crippen LogP contribution in [0, 0.1) is 0 Å². The molecule has 0 amide bonds. The highest BCUT2D eigenvalue weighted by atomic mass is 28.4. The monoisotopic (exact) mass is 320 g/mol. The number of carbonyl (C=O) groups excluding carboxylic acids is 1. The lowest BCUT2D eigenvalue weighted by Gasteiger charge is -2.29. The molecule has 0 N–H and O–H groups in total. The van der Waals surface area contributed by atoms with Gasteiger partial charge in [-0.3, -0.25) is 4.79 Å². The predicted octanol–water partition coefficient (Wildman–Crippen LogP) is 3.48. The second-order valence-electron chi connectivity index (χ2n) is 5.07. The SMILES string of the molecule is CCCCO[Si](COC(C)=O)(OCCCC)OCCCC. The van der Waals surface area contributed by atoms with E-state index >= 15 is 0 Å². The quantitative estimate of drug-likeness (QED) is 0.279. The molecule has 0 heterocycles. The molecule has 0 saturated heterocycles. The Bertz CT molecular complexity index is 234. The molecule has 0 bridgehead atoms. The number of esters is 1. The van der Waals surface area contributed by atoms with Crippen LogP contribution < -0.4 is 0 Å². The van der Waals surface area contributed by atoms with Crippen LogP contribution in [0.3, 0.4) is 0 Å². The third kappa shape index (κ3) is 10.9. The first kappa shape index (κ1) is 20.6. The molecular formula is C15H32O5Si. The molecule has 0 fully saturated rings. The molecule has 0 saturated carbocycles. The lowest BCUT2D eigenvalue weighted by Crippen LogP contribution is -2.51. The van der Waals surface area contributed by atoms with Crippen molar-refractivity contribution in [3.05, 3.63) is 0 Å². The van der Waals surface area contributed by atoms with Gasteiger partial charge in [0.25, 0.3) is 0 Å². The van der Waals surface area contributed by atoms with Gasteiger partial charge in [-0.25, -0.2) is 0 Å². The van der Waals surface area contributed by atoms with Gasteiger partial charge in [0, 0.05) is 26.7 Å². The molecule has 0 aliphatic rings. The fourth-order valence-electron chi connectivity index (χ4n) is 1.56. The van der Waals surface area contributed by atoms with Gasteiger partial charge >= 0.3 is 14.8 Å². The molecule has 6 heteroatoms. The Hall–Kier alpha value is -0.433. The number of rotatable bonds is 14. The van der Waals surface area contributed by atoms with Crippen molar-refractivity contribution in [2.24, 2.45) is 0 Å². The maximum atomic E-state index is 11.1. The van der Waals surface area contributed by atoms with Crippen LogP contribution in [0.4, 0.5) is 0 Å². The summed E-state index contributed by atoms with van der Waals surface area (Å²) < 4.78 is 22.9. The smallest absolute Gasteiger partial charge is 0.461 e. The normalized spacial score (nSPS) is 11.6. The summed E-state index contributed by atoms with van der Waals surface area (Å²) in [7, 11) is -2.91. The third-order valence-corrected chi connectivity index (χ3v) is 5.34. The Morgan fingerprint density at radius 1 is 0.810 bits per heavy atom. The van der Waals surface area contributed by atoms with Crippen molar-refractivity contribution in [2.75, 3.05) is 26.1 Å². The van der Waals surface area contributed by atoms with Crippen molar-refractivity contribution < 1.29 is 22.8 Å². The zero-order valence-electron chi connectivity index (χ0n) is 14.1. The van der Waals surface area contributed by atoms with Gasteiger partial charge in [-0.2, -0.15) is 0 Å². The molecule has 0 aromatic carbocycles. The molecule has 0 radical (unpaired) electrons. The fourth-order valence-corrected chi connectivity index (χ4v) is 3.80. The molecule has 0 atom stereocenters. The van der Waals surface area contributed by atoms with Crippen molar-refractivity contribution in [1.29, 1.82) is 0 Å². The Balaban J connectivity index is 4.64. The molecule has 0 unspecified atom stereocenters. The summed E-state index contributed by atoms with van der Waals surface area (Å²) in [6.45, 7) is 9.47. The summed E-state index contributed by atoms with van der Waals surface area (Å²) in [5.41, 5.74) is 0. The van der Waals surface area contributed by atoms with Crippen LogP contribution in [0.15, 0.2) is 0 Å². The summed E-state index contributed by atoms with van der Waals surface area (Å²) in [6.07, 6.45) is 6.08. The summed E-state index contributed by atoms with van der Waals surface area (Å²) >= 11 is 0. The first-order valence-electron chi connectivity index (χ1n) is 8.15. The Kier molecular flexibility index (Phi) is 13.0. The molecule has 0 rings (SSSR count). The van der Waals surface area contributed by atoms with Crippen molar-refractivity contribution in [3.8, 4) is 0 Å². The van der Waals surface area contributed by atoms with E-state index in [1.165, 1.54) is 6.92 Å². The van der Waals surface area contributed by atoms with Crippen molar-refractivity contribution in [3.63, 3.8) is 0 Å². The molecule has 5 nitrogen and oxygen atoms in total. The molecule has 0 aromatic rings. The summed E-state index contributed by atoms with van der Waals surface area (Å²) in [6, 6.07) is 0. The number of unbranched alkanes of at least 4 members (excludes halogenated alkanes) is 3. The first-order valence-corrected chi connectivity index (χ1v) is 10.1. The summed E-state index contributed by atoms with van der Waals surface area (Å²) in [5.74, 6) is -0.329. The van der Waals surface area contributed by atoms with Crippen molar-refractivity contribution in [2.45, 2.75) is 66.2 Å². The molecular weight excluding hydrogens is 288 g/mol. The molecule has 21 heavy (non-hydrogen) atoms. The topological polar surface area (TPSA) is 54.0 Å². The minimum Gasteiger partial charge on any atom is -0.461 e. The van der Waals surface area contributed by atoms with Crippen LogP contribution in [0.5, 0.6) is 0 Å². The molecule has 0 aromatic heterocycles. The minimum atomic E-state index is -2.91. The highest BCUT2D eigenvalue weighted by Gasteiger charge is 2.43. The van der Waals surface area contributed by atoms with Gasteiger partial charge in [-0.15, -0.1) is 0 Å². The van der Waals surface area contributed by atoms with Gasteiger partial charge in [-0.1, -0.05) is 40.0 Å². The lowest BCUT2D eigenvalue weighted by atomic mass is 10.4. The molecule has 0 aliphatic carbocycles. The number of hydrogen-bond donors (Lipinski definition) is 0. The van der Waals surface area contributed by atoms with E-state index in [-0.39, 0.29) is 12.2 Å². The number of carbonyl (C=O) groups is 1. The Morgan fingerprint density at radius 3 is 1.48 bits per heavy atom. The van der Waals surface area contributed by atoms with E-state index in [1.807, 2.05) is 0 Å². The number of hydrogen-bond acceptors (Lipinski definition) is 5. The molecule has 0 aliphatic heterocycles. The van der Waals surface area contributed by atoms with Crippen LogP contribution in [-0.4, -0.2) is 40.8 Å². The second-order valence-corrected chi connectivity index (χ2v) is 7.59. The van der Waals surface area contributed by atoms with Crippen LogP contribution in [0.1, 0.15) is 66.2 Å². The maximum Gasteiger partial charge on any atom is 0.540 e. The van der Waals surface area contributed by atoms with Crippen molar-refractivity contribution in [1.82, 2.24) is 0 Å². The molecule has 126 valence electrons. The predicted molar refractivity (Wildman–Crippen MR) is 85.0 cm³/mol. The zero-order valence-corrected chi connectivity index (χ0v) is 15.1. The van der Waals surface area contributed by atoms with E-state index in [9.17, 15) is 4.79 Å². The zero-order chi connectivity index (χ0) is 16.0. The lowest BCUT2D eigenvalue weighted by molar-refractivity contribution is -0.141. The average Bonchev–Trinajstić information content (AvgIpc) is 2.46. The van der Waals surface area contributed by atoms with Gasteiger partial charge < -0.3 is 18.0 Å². The van der Waals surface area contributed by atoms with E-state index in [0.717, 1.165) is 38.5 Å². The van der Waals surface area contributed by atoms with Gasteiger partial charge in [0.15, 0.2) is 6.23 Å². The van der Waals surface area contributed by atoms with E-state index in [4.69, 9.17) is 18.0 Å². The van der Waals surface area contributed by atoms with Gasteiger partial charge in [-0.05, 0) is 19.3 Å². The Labute approximate surface area is 130 Å². The van der Waals surface area contributed by atoms with Gasteiger partial charge in [0.2, 0.25) is 0 Å². The molecule has 0 spiro atoms. The van der Waals surface area contributed by atoms with E-state index < -0.39 is 8.80 Å². The third-order valence-electron chi connectivity index (χ3n) is 2.91. The first-order chi connectivity index (χ1) is 10.1. The largest absolute Gasteiger partial charge is 0.540 e. The average molecular weight is 321 g/mol. The van der Waals surface area contributed by atoms with Crippen LogP contribution >= 0.6 is 0 Å². The fraction of sp³-hybridized carbons (Fsp3) is 0.933. The van der Waals surface area contributed by atoms with Crippen LogP contribution in [0.25, 0.3) is 0 Å². The Morgan fingerprint density at radius 2 is 1.19 bits per heavy atom. The van der Waals surface area contributed by atoms with Gasteiger partial charge in [0.1, 0.15) is 0 Å². The highest BCUT2D eigenvalue weighted by molar-refractivity contribution is 6.60. The van der Waals surface area contributed by atoms with E-state index in [2.05, 4.69) is 20.8 Å². The van der Waals surface area contributed by atoms with Crippen LogP contribution in [0.2, 0.25) is 0 Å². The number of ether oxygens (including phenoxy) is 1. The highest BCUT2D eigenvalue weighted by Crippen LogP contribution is 2.14. The van der Waals surface area contributed by atoms with Crippen LogP contribution in [-0.2, 0) is 22.8 Å². The van der Waals surface area contributed by atoms with E-state index in [1.54, 1.807) is 0 Å². The van der Waals surface area contributed by atoms with Gasteiger partial charge in [0.05, 0.1) is 0 Å². The maximum absolute atomic E-state index is 11.1. The standard InChI is InChI=1S/C15H32O5Si/c1-5-8-11-18-21(14-17-15(4)16,19-12-9-6-2)20-13-10-7-3/h5-14H2,1-4H3. The summed E-state index contributed by atoms with van der Waals surface area (Å²) in [5, 5.41) is 0. The van der Waals surface area contributed by atoms with E-state index in [0.29, 0.717) is 19.8 Å². The van der Waals surface area contributed by atoms with Crippen molar-refractivity contribution >= 4 is 14.8 Å². The summed E-state index contributed by atoms with van der Waals surface area (Å²) in [4.78, 5) is 11.1.